The lowest BCUT2D eigenvalue weighted by atomic mass is 10.1. The smallest absolute Gasteiger partial charge is 0.270 e. The molecule has 0 radical (unpaired) electrons. The molecule has 0 amide bonds. The highest BCUT2D eigenvalue weighted by Crippen LogP contribution is 2.27. The Labute approximate surface area is 672 Å². The molecule has 1 saturated heterocycles. The van der Waals surface area contributed by atoms with Crippen molar-refractivity contribution in [1.82, 2.24) is 44.5 Å². The number of hydrogen-bond acceptors (Lipinski definition) is 20. The molecule has 21 nitrogen and oxygen atoms in total. The van der Waals surface area contributed by atoms with Crippen LogP contribution < -0.4 is 9.44 Å². The van der Waals surface area contributed by atoms with E-state index in [4.69, 9.17) is 0 Å². The van der Waals surface area contributed by atoms with Crippen molar-refractivity contribution >= 4 is 119 Å². The Kier molecular flexibility index (Phi) is 40.9. The molecule has 0 saturated carbocycles. The highest BCUT2D eigenvalue weighted by Gasteiger charge is 2.25. The highest BCUT2D eigenvalue weighted by atomic mass is 79.9. The van der Waals surface area contributed by atoms with Gasteiger partial charge in [-0.25, -0.2) is 76.3 Å². The van der Waals surface area contributed by atoms with E-state index in [-0.39, 0.29) is 30.9 Å². The monoisotopic (exact) mass is 1740 g/mol. The van der Waals surface area contributed by atoms with Crippen molar-refractivity contribution in [3.05, 3.63) is 260 Å². The zero-order valence-electron chi connectivity index (χ0n) is 66.4. The van der Waals surface area contributed by atoms with Gasteiger partial charge in [0.1, 0.15) is 9.63 Å². The van der Waals surface area contributed by atoms with Crippen molar-refractivity contribution in [3.63, 3.8) is 0 Å². The highest BCUT2D eigenvalue weighted by molar-refractivity contribution is 9.10. The number of alkyl halides is 2. The lowest BCUT2D eigenvalue weighted by molar-refractivity contribution is 0.0174. The van der Waals surface area contributed by atoms with E-state index in [9.17, 15) is 55.1 Å². The molecule has 1 aliphatic heterocycles. The molecular weight excluding hydrogens is 1640 g/mol. The number of benzene rings is 3. The number of likely N-dealkylation sites (tertiary alicyclic amines) is 1. The lowest BCUT2D eigenvalue weighted by Gasteiger charge is -2.29. The van der Waals surface area contributed by atoms with Crippen molar-refractivity contribution in [2.24, 2.45) is 0 Å². The lowest BCUT2D eigenvalue weighted by Crippen LogP contribution is -2.43. The van der Waals surface area contributed by atoms with Crippen LogP contribution in [0.2, 0.25) is 0 Å². The van der Waals surface area contributed by atoms with Gasteiger partial charge < -0.3 is 9.62 Å². The number of hydrogen-bond donors (Lipinski definition) is 2. The number of sulfonamides is 1. The molecule has 2 N–H and O–H groups in total. The van der Waals surface area contributed by atoms with Crippen LogP contribution in [0.5, 0.6) is 0 Å². The summed E-state index contributed by atoms with van der Waals surface area (Å²) < 4.78 is 155. The minimum absolute atomic E-state index is 0.0225. The molecule has 0 spiro atoms. The number of aryl methyl sites for hydroxylation is 11. The summed E-state index contributed by atoms with van der Waals surface area (Å²) in [5.41, 5.74) is 11.5. The third-order valence-corrected chi connectivity index (χ3v) is 23.9. The quantitative estimate of drug-likeness (QED) is 0.0898. The predicted molar refractivity (Wildman–Crippen MR) is 460 cm³/mol. The van der Waals surface area contributed by atoms with E-state index in [1.54, 1.807) is 99.1 Å². The molecule has 10 aromatic rings. The molecule has 32 heteroatoms. The number of nitrogens with one attached hydrogen (secondary N) is 2. The number of pyridine rings is 6. The van der Waals surface area contributed by atoms with Crippen LogP contribution in [-0.4, -0.2) is 167 Å². The summed E-state index contributed by atoms with van der Waals surface area (Å²) in [6.07, 6.45) is 22.9. The van der Waals surface area contributed by atoms with Crippen molar-refractivity contribution in [3.8, 4) is 0 Å². The van der Waals surface area contributed by atoms with Gasteiger partial charge in [-0.15, -0.1) is 11.3 Å². The molecule has 11 rings (SSSR count). The molecule has 606 valence electrons. The Morgan fingerprint density at radius 3 is 1.29 bits per heavy atom. The molecule has 111 heavy (non-hydrogen) atoms. The number of piperidine rings is 1. The first kappa shape index (κ1) is 99.2. The first-order chi connectivity index (χ1) is 51.0. The average molecular weight is 1750 g/mol. The molecule has 3 unspecified atom stereocenters. The van der Waals surface area contributed by atoms with Gasteiger partial charge in [-0.3, -0.25) is 18.4 Å². The summed E-state index contributed by atoms with van der Waals surface area (Å²) in [6, 6.07) is 41.6. The molecule has 1 aliphatic rings. The Morgan fingerprint density at radius 2 is 0.946 bits per heavy atom. The van der Waals surface area contributed by atoms with Crippen molar-refractivity contribution in [2.45, 2.75) is 137 Å². The van der Waals surface area contributed by atoms with E-state index in [0.29, 0.717) is 5.03 Å². The standard InChI is InChI=1S/C12H19N3O2S.C9H10F2.C9H13NOS.C9H12OS.C8H11NOS.2C7H9NO2S.C7H9N.C6H6BrN.C5H7NO2S2/c1-10-3-4-12(13-9-10)18(16,17)14-11-5-7-15(2)8-6-11;1-7-4-3-5-8(6-7)9(2,10)11;1-8-4-6-9(7-5-8)10-12(2,3)11;1-8-5-4-6-9(7-8)11(2,3)10;1-7-4-5-9-8(6-7)11(2,3)10;1-6-3-7(5-8-4-6)11(2,9)10;1-6-3-4-7(8-5-6)11(2,9)10;1-6-3-4-7(2)8-5-6;1-5-2-3-8-6(7)4-5;1-4-3-6-5(9-4)10(2,7)8/h3-4,9,11,14H,5-8H2,1-2H3;3-6H,1-2H3;4-7H,2H2,1,3H3,(H,10,11);4-7H,2H2,1,3H3;4-6H,2H2,1,3H3;2*3-5H,1-2H3;3-5H,1-2H3;2-4H,1H3;3H,1-2H3. The summed E-state index contributed by atoms with van der Waals surface area (Å²) in [5.74, 6) is 7.95. The zero-order chi connectivity index (χ0) is 84.5. The van der Waals surface area contributed by atoms with E-state index in [1.807, 2.05) is 155 Å². The van der Waals surface area contributed by atoms with E-state index < -0.39 is 74.2 Å². The van der Waals surface area contributed by atoms with Gasteiger partial charge in [0.05, 0.1) is 4.90 Å². The van der Waals surface area contributed by atoms with E-state index in [1.165, 1.54) is 64.9 Å². The fourth-order valence-corrected chi connectivity index (χ4v) is 15.2. The van der Waals surface area contributed by atoms with Crippen LogP contribution in [0.4, 0.5) is 14.5 Å². The Balaban J connectivity index is 0.000000422. The van der Waals surface area contributed by atoms with Gasteiger partial charge in [0.15, 0.2) is 29.7 Å². The van der Waals surface area contributed by atoms with Gasteiger partial charge in [-0.05, 0) is 264 Å². The fourth-order valence-electron chi connectivity index (χ4n) is 8.39. The Bertz CT molecular complexity index is 5190. The average Bonchev–Trinajstić information content (AvgIpc) is 1.37. The first-order valence-electron chi connectivity index (χ1n) is 33.8. The van der Waals surface area contributed by atoms with Gasteiger partial charge in [-0.1, -0.05) is 77.9 Å². The van der Waals surface area contributed by atoms with Crippen LogP contribution in [-0.2, 0) is 74.2 Å². The van der Waals surface area contributed by atoms with Crippen molar-refractivity contribution in [2.75, 3.05) is 62.4 Å². The van der Waals surface area contributed by atoms with Crippen LogP contribution in [0, 0.1) is 76.2 Å². The largest absolute Gasteiger partial charge is 0.313 e. The van der Waals surface area contributed by atoms with E-state index in [0.717, 1.165) is 105 Å². The molecule has 1 fully saturated rings. The maximum absolute atomic E-state index is 12.6. The van der Waals surface area contributed by atoms with E-state index in [2.05, 4.69) is 88.8 Å². The summed E-state index contributed by atoms with van der Waals surface area (Å²) in [7, 11) is -17.0. The normalized spacial score (nSPS) is 13.7. The summed E-state index contributed by atoms with van der Waals surface area (Å²) in [4.78, 5) is 31.5. The topological polar surface area (TPSA) is 305 Å². The third-order valence-electron chi connectivity index (χ3n) is 14.3. The van der Waals surface area contributed by atoms with Crippen LogP contribution in [0.25, 0.3) is 0 Å². The Morgan fingerprint density at radius 1 is 0.459 bits per heavy atom. The van der Waals surface area contributed by atoms with Gasteiger partial charge in [0.25, 0.3) is 15.9 Å². The van der Waals surface area contributed by atoms with Crippen LogP contribution in [0.3, 0.4) is 0 Å². The van der Waals surface area contributed by atoms with Crippen LogP contribution in [0.15, 0.2) is 223 Å². The van der Waals surface area contributed by atoms with Gasteiger partial charge >= 0.3 is 0 Å². The number of anilines is 1. The molecule has 0 bridgehead atoms. The number of thiazole rings is 1. The minimum Gasteiger partial charge on any atom is -0.313 e. The number of aromatic nitrogens is 7. The van der Waals surface area contributed by atoms with E-state index >= 15 is 0 Å². The summed E-state index contributed by atoms with van der Waals surface area (Å²) >= 11 is 4.45. The number of halogens is 3. The first-order valence-corrected chi connectivity index (χ1v) is 48.9. The van der Waals surface area contributed by atoms with Gasteiger partial charge in [-0.2, -0.15) is 0 Å². The van der Waals surface area contributed by atoms with Gasteiger partial charge in [0.2, 0.25) is 14.2 Å². The van der Waals surface area contributed by atoms with Gasteiger partial charge in [0, 0.05) is 146 Å². The summed E-state index contributed by atoms with van der Waals surface area (Å²) in [5, 5.41) is 0.813. The zero-order valence-corrected chi connectivity index (χ0v) is 74.5. The number of nitrogens with zero attached hydrogens (tertiary/aromatic N) is 8. The maximum Gasteiger partial charge on any atom is 0.270 e. The second-order valence-electron chi connectivity index (χ2n) is 26.7. The van der Waals surface area contributed by atoms with Crippen LogP contribution in [0.1, 0.15) is 86.0 Å². The Hall–Kier alpha value is -7.89. The molecule has 3 aromatic carbocycles. The summed E-state index contributed by atoms with van der Waals surface area (Å²) in [6.45, 7) is 23.9. The number of rotatable bonds is 11. The maximum atomic E-state index is 12.6. The van der Waals surface area contributed by atoms with Crippen molar-refractivity contribution < 1.29 is 55.1 Å². The van der Waals surface area contributed by atoms with Crippen molar-refractivity contribution in [1.29, 1.82) is 0 Å². The number of sulfone groups is 3. The molecule has 0 aliphatic carbocycles. The third kappa shape index (κ3) is 43.7. The van der Waals surface area contributed by atoms with Crippen LogP contribution >= 0.6 is 27.3 Å². The molecular formula is C79H105BrF2N10O11S8. The second kappa shape index (κ2) is 45.7. The SMILES string of the molecule is C=S(C)(=O)Nc1ccc(C)cc1.C=S(C)(=O)c1cc(C)ccn1.C=S(C)(=O)c1cccc(C)c1.Cc1ccc(C)nc1.Cc1ccc(S(=O)(=O)NC2CCN(C)CC2)nc1.Cc1ccc(S(C)(=O)=O)nc1.Cc1cccc(C(C)(F)F)c1.Cc1ccnc(Br)c1.Cc1cnc(S(C)(=O)=O)s1.Cc1cncc(S(C)(=O)=O)c1. The molecule has 8 heterocycles. The molecule has 3 atom stereocenters. The minimum atomic E-state index is -3.47. The molecule has 7 aromatic heterocycles. The second-order valence-corrected chi connectivity index (χ2v) is 43.7. The predicted octanol–water partition coefficient (Wildman–Crippen LogP) is 14.6. The fraction of sp³-hybridized carbons (Fsp3) is 0.316.